The van der Waals surface area contributed by atoms with E-state index in [4.69, 9.17) is 0 Å². The molecule has 19 heavy (non-hydrogen) atoms. The molecule has 1 aromatic carbocycles. The van der Waals surface area contributed by atoms with Gasteiger partial charge in [-0.3, -0.25) is 4.79 Å². The van der Waals surface area contributed by atoms with Crippen molar-refractivity contribution in [1.82, 2.24) is 10.6 Å². The lowest BCUT2D eigenvalue weighted by Gasteiger charge is -2.07. The molecule has 0 aromatic heterocycles. The second kappa shape index (κ2) is 5.57. The molecule has 1 aliphatic carbocycles. The summed E-state index contributed by atoms with van der Waals surface area (Å²) >= 11 is 0. The summed E-state index contributed by atoms with van der Waals surface area (Å²) in [6.07, 6.45) is 7.01. The second-order valence-corrected chi connectivity index (χ2v) is 5.35. The van der Waals surface area contributed by atoms with Gasteiger partial charge in [0, 0.05) is 25.2 Å². The summed E-state index contributed by atoms with van der Waals surface area (Å²) in [7, 11) is 0. The molecule has 0 bridgehead atoms. The Morgan fingerprint density at radius 2 is 2.16 bits per heavy atom. The van der Waals surface area contributed by atoms with Gasteiger partial charge in [-0.1, -0.05) is 17.7 Å². The van der Waals surface area contributed by atoms with Crippen molar-refractivity contribution in [2.75, 3.05) is 6.54 Å². The van der Waals surface area contributed by atoms with Crippen molar-refractivity contribution in [2.24, 2.45) is 0 Å². The molecular formula is C16H20N2O. The number of allylic oxidation sites excluding steroid dienone is 1. The fourth-order valence-electron chi connectivity index (χ4n) is 2.84. The van der Waals surface area contributed by atoms with Crippen LogP contribution in [0, 0.1) is 0 Å². The van der Waals surface area contributed by atoms with E-state index in [2.05, 4.69) is 22.8 Å². The molecule has 100 valence electrons. The maximum atomic E-state index is 12.1. The Kier molecular flexibility index (Phi) is 3.65. The van der Waals surface area contributed by atoms with Crippen molar-refractivity contribution < 1.29 is 4.79 Å². The average Bonchev–Trinajstić information content (AvgIpc) is 3.08. The molecule has 0 fully saturated rings. The highest BCUT2D eigenvalue weighted by Crippen LogP contribution is 2.20. The largest absolute Gasteiger partial charge is 0.352 e. The summed E-state index contributed by atoms with van der Waals surface area (Å²) < 4.78 is 0. The molecule has 0 atom stereocenters. The number of amides is 1. The number of benzene rings is 1. The summed E-state index contributed by atoms with van der Waals surface area (Å²) in [5.41, 5.74) is 4.85. The molecule has 1 heterocycles. The van der Waals surface area contributed by atoms with Gasteiger partial charge in [0.1, 0.15) is 0 Å². The van der Waals surface area contributed by atoms with Gasteiger partial charge in [0.15, 0.2) is 0 Å². The van der Waals surface area contributed by atoms with Crippen molar-refractivity contribution in [2.45, 2.75) is 38.8 Å². The van der Waals surface area contributed by atoms with Gasteiger partial charge >= 0.3 is 0 Å². The Morgan fingerprint density at radius 1 is 1.26 bits per heavy atom. The van der Waals surface area contributed by atoms with Crippen LogP contribution in [0.25, 0.3) is 0 Å². The Morgan fingerprint density at radius 3 is 3.00 bits per heavy atom. The second-order valence-electron chi connectivity index (χ2n) is 5.35. The van der Waals surface area contributed by atoms with Crippen LogP contribution in [0.4, 0.5) is 0 Å². The lowest BCUT2D eigenvalue weighted by molar-refractivity contribution is 0.0954. The zero-order valence-corrected chi connectivity index (χ0v) is 11.2. The van der Waals surface area contributed by atoms with Crippen molar-refractivity contribution in [1.29, 1.82) is 0 Å². The molecule has 0 saturated heterocycles. The maximum absolute atomic E-state index is 12.1. The third kappa shape index (κ3) is 2.87. The number of rotatable bonds is 4. The Bertz CT molecular complexity index is 519. The van der Waals surface area contributed by atoms with E-state index < -0.39 is 0 Å². The fraction of sp³-hybridized carbons (Fsp3) is 0.438. The Balaban J connectivity index is 1.55. The first kappa shape index (κ1) is 12.4. The smallest absolute Gasteiger partial charge is 0.251 e. The maximum Gasteiger partial charge on any atom is 0.251 e. The number of carbonyl (C=O) groups is 1. The number of carbonyl (C=O) groups excluding carboxylic acids is 1. The topological polar surface area (TPSA) is 41.1 Å². The number of hydrogen-bond donors (Lipinski definition) is 2. The van der Waals surface area contributed by atoms with Crippen molar-refractivity contribution in [3.8, 4) is 0 Å². The van der Waals surface area contributed by atoms with Crippen LogP contribution in [-0.4, -0.2) is 12.5 Å². The molecular weight excluding hydrogens is 236 g/mol. The highest BCUT2D eigenvalue weighted by Gasteiger charge is 2.13. The zero-order chi connectivity index (χ0) is 13.1. The molecule has 1 aromatic rings. The monoisotopic (exact) mass is 256 g/mol. The molecule has 0 unspecified atom stereocenters. The van der Waals surface area contributed by atoms with E-state index in [0.717, 1.165) is 31.6 Å². The SMILES string of the molecule is O=C(NCCC1=CCCC1)c1ccc2c(c1)CNC2. The highest BCUT2D eigenvalue weighted by atomic mass is 16.1. The highest BCUT2D eigenvalue weighted by molar-refractivity contribution is 5.94. The first-order valence-corrected chi connectivity index (χ1v) is 7.11. The predicted molar refractivity (Wildman–Crippen MR) is 75.9 cm³/mol. The quantitative estimate of drug-likeness (QED) is 0.813. The van der Waals surface area contributed by atoms with Gasteiger partial charge in [0.2, 0.25) is 0 Å². The number of hydrogen-bond acceptors (Lipinski definition) is 2. The minimum absolute atomic E-state index is 0.0493. The van der Waals surface area contributed by atoms with Crippen LogP contribution in [0.1, 0.15) is 47.2 Å². The molecule has 0 spiro atoms. The fourth-order valence-corrected chi connectivity index (χ4v) is 2.84. The van der Waals surface area contributed by atoms with Crippen LogP contribution in [0.3, 0.4) is 0 Å². The van der Waals surface area contributed by atoms with Crippen LogP contribution in [-0.2, 0) is 13.1 Å². The van der Waals surface area contributed by atoms with Gasteiger partial charge in [-0.25, -0.2) is 0 Å². The van der Waals surface area contributed by atoms with E-state index in [1.165, 1.54) is 36.0 Å². The molecule has 3 nitrogen and oxygen atoms in total. The van der Waals surface area contributed by atoms with Crippen LogP contribution in [0.15, 0.2) is 29.8 Å². The lowest BCUT2D eigenvalue weighted by Crippen LogP contribution is -2.24. The summed E-state index contributed by atoms with van der Waals surface area (Å²) in [5.74, 6) is 0.0493. The molecule has 2 aliphatic rings. The van der Waals surface area contributed by atoms with E-state index in [1.807, 2.05) is 12.1 Å². The van der Waals surface area contributed by atoms with E-state index in [-0.39, 0.29) is 5.91 Å². The average molecular weight is 256 g/mol. The van der Waals surface area contributed by atoms with Gasteiger partial charge in [-0.15, -0.1) is 0 Å². The molecule has 0 saturated carbocycles. The van der Waals surface area contributed by atoms with Gasteiger partial charge in [0.05, 0.1) is 0 Å². The van der Waals surface area contributed by atoms with Crippen molar-refractivity contribution in [3.63, 3.8) is 0 Å². The van der Waals surface area contributed by atoms with Crippen LogP contribution >= 0.6 is 0 Å². The summed E-state index contributed by atoms with van der Waals surface area (Å²) in [6.45, 7) is 2.55. The number of fused-ring (bicyclic) bond motifs is 1. The molecule has 1 aliphatic heterocycles. The first-order chi connectivity index (χ1) is 9.33. The van der Waals surface area contributed by atoms with E-state index in [0.29, 0.717) is 0 Å². The van der Waals surface area contributed by atoms with Crippen LogP contribution in [0.5, 0.6) is 0 Å². The van der Waals surface area contributed by atoms with Crippen molar-refractivity contribution in [3.05, 3.63) is 46.5 Å². The van der Waals surface area contributed by atoms with Gasteiger partial charge in [-0.05, 0) is 48.9 Å². The Labute approximate surface area is 114 Å². The van der Waals surface area contributed by atoms with Gasteiger partial charge < -0.3 is 10.6 Å². The Hall–Kier alpha value is -1.61. The van der Waals surface area contributed by atoms with E-state index in [1.54, 1.807) is 0 Å². The minimum Gasteiger partial charge on any atom is -0.352 e. The molecule has 3 heteroatoms. The lowest BCUT2D eigenvalue weighted by atomic mass is 10.1. The van der Waals surface area contributed by atoms with Crippen molar-refractivity contribution >= 4 is 5.91 Å². The molecule has 1 amide bonds. The molecule has 2 N–H and O–H groups in total. The van der Waals surface area contributed by atoms with Gasteiger partial charge in [0.25, 0.3) is 5.91 Å². The number of nitrogens with one attached hydrogen (secondary N) is 2. The van der Waals surface area contributed by atoms with E-state index >= 15 is 0 Å². The summed E-state index contributed by atoms with van der Waals surface area (Å²) in [5, 5.41) is 6.31. The first-order valence-electron chi connectivity index (χ1n) is 7.11. The third-order valence-corrected chi connectivity index (χ3v) is 3.97. The van der Waals surface area contributed by atoms with E-state index in [9.17, 15) is 4.79 Å². The normalized spacial score (nSPS) is 17.2. The minimum atomic E-state index is 0.0493. The zero-order valence-electron chi connectivity index (χ0n) is 11.2. The van der Waals surface area contributed by atoms with Crippen LogP contribution < -0.4 is 10.6 Å². The standard InChI is InChI=1S/C16H20N2O/c19-16(18-8-7-12-3-1-2-4-12)13-5-6-14-10-17-11-15(14)9-13/h3,5-6,9,17H,1-2,4,7-8,10-11H2,(H,18,19). The van der Waals surface area contributed by atoms with Gasteiger partial charge in [-0.2, -0.15) is 0 Å². The summed E-state index contributed by atoms with van der Waals surface area (Å²) in [4.78, 5) is 12.1. The van der Waals surface area contributed by atoms with Crippen LogP contribution in [0.2, 0.25) is 0 Å². The third-order valence-electron chi connectivity index (χ3n) is 3.97. The predicted octanol–water partition coefficient (Wildman–Crippen LogP) is 2.52. The molecule has 0 radical (unpaired) electrons. The summed E-state index contributed by atoms with van der Waals surface area (Å²) in [6, 6.07) is 6.00. The molecule has 3 rings (SSSR count).